The van der Waals surface area contributed by atoms with Crippen LogP contribution in [0.1, 0.15) is 0 Å². The maximum absolute atomic E-state index is 4.01. The molecule has 0 N–H and O–H groups in total. The van der Waals surface area contributed by atoms with Gasteiger partial charge in [-0.05, 0) is 24.3 Å². The summed E-state index contributed by atoms with van der Waals surface area (Å²) in [6, 6.07) is 11.0. The molecule has 0 unspecified atom stereocenters. The molecule has 0 atom stereocenters. The zero-order valence-electron chi connectivity index (χ0n) is 9.14. The SMILES string of the molecule is [CH3-].[I][Os].c1ccc(/N=N/c2ccccn2)nc1. The molecule has 2 aromatic heterocycles. The van der Waals surface area contributed by atoms with E-state index in [1.165, 1.54) is 0 Å². The van der Waals surface area contributed by atoms with Crippen LogP contribution in [0.15, 0.2) is 59.0 Å². The molecule has 0 amide bonds. The molecule has 2 heterocycles. The molecule has 0 radical (unpaired) electrons. The summed E-state index contributed by atoms with van der Waals surface area (Å²) < 4.78 is 0. The Morgan fingerprint density at radius 2 is 1.24 bits per heavy atom. The standard InChI is InChI=1S/C10H8N4.CH3.HI.Os/c1-3-7-11-9(5-1)13-14-10-6-2-4-8-12-10;;;/h1-8H;1H3;1H;/q;-1;;+1/p-1/b14-13+;;;. The van der Waals surface area contributed by atoms with Crippen molar-refractivity contribution in [2.75, 3.05) is 0 Å². The summed E-state index contributed by atoms with van der Waals surface area (Å²) in [7, 11) is 0. The third kappa shape index (κ3) is 6.54. The van der Waals surface area contributed by atoms with Gasteiger partial charge in [-0.1, -0.05) is 12.1 Å². The van der Waals surface area contributed by atoms with Gasteiger partial charge in [0, 0.05) is 12.4 Å². The number of rotatable bonds is 2. The quantitative estimate of drug-likeness (QED) is 0.341. The van der Waals surface area contributed by atoms with Crippen LogP contribution < -0.4 is 0 Å². The minimum atomic E-state index is 0. The van der Waals surface area contributed by atoms with E-state index in [0.717, 1.165) is 0 Å². The van der Waals surface area contributed by atoms with Crippen LogP contribution in [0.3, 0.4) is 0 Å². The molecule has 0 saturated heterocycles. The van der Waals surface area contributed by atoms with Crippen molar-refractivity contribution in [1.82, 2.24) is 9.97 Å². The van der Waals surface area contributed by atoms with Gasteiger partial charge in [0.1, 0.15) is 0 Å². The second kappa shape index (κ2) is 10.4. The molecular formula is C11H11IN4Os-. The van der Waals surface area contributed by atoms with Gasteiger partial charge in [-0.15, -0.1) is 10.2 Å². The summed E-state index contributed by atoms with van der Waals surface area (Å²) in [5.74, 6) is 1.16. The number of hydrogen-bond acceptors (Lipinski definition) is 4. The van der Waals surface area contributed by atoms with Gasteiger partial charge in [-0.3, -0.25) is 0 Å². The van der Waals surface area contributed by atoms with Crippen LogP contribution >= 0.6 is 19.7 Å². The normalized spacial score (nSPS) is 9.06. The van der Waals surface area contributed by atoms with Gasteiger partial charge in [-0.25, -0.2) is 9.97 Å². The van der Waals surface area contributed by atoms with E-state index in [1.807, 2.05) is 39.3 Å². The van der Waals surface area contributed by atoms with E-state index in [4.69, 9.17) is 0 Å². The summed E-state index contributed by atoms with van der Waals surface area (Å²) in [5.41, 5.74) is 0. The summed E-state index contributed by atoms with van der Waals surface area (Å²) >= 11 is 4.01. The Hall–Kier alpha value is -0.734. The molecule has 0 aromatic carbocycles. The summed E-state index contributed by atoms with van der Waals surface area (Å²) in [5, 5.41) is 7.86. The number of pyridine rings is 2. The molecular weight excluding hydrogens is 505 g/mol. The van der Waals surface area contributed by atoms with Crippen molar-refractivity contribution >= 4 is 31.3 Å². The van der Waals surface area contributed by atoms with Crippen molar-refractivity contribution in [3.8, 4) is 0 Å². The average molecular weight is 516 g/mol. The fourth-order valence-electron chi connectivity index (χ4n) is 0.928. The average Bonchev–Trinajstić information content (AvgIpc) is 2.41. The Morgan fingerprint density at radius 3 is 1.53 bits per heavy atom. The van der Waals surface area contributed by atoms with Gasteiger partial charge in [0.2, 0.25) is 0 Å². The molecule has 91 valence electrons. The van der Waals surface area contributed by atoms with Crippen molar-refractivity contribution in [1.29, 1.82) is 0 Å². The third-order valence-corrected chi connectivity index (χ3v) is 1.55. The Morgan fingerprint density at radius 1 is 0.824 bits per heavy atom. The molecule has 4 nitrogen and oxygen atoms in total. The number of azo groups is 1. The van der Waals surface area contributed by atoms with Gasteiger partial charge in [0.15, 0.2) is 11.6 Å². The first kappa shape index (κ1) is 16.3. The predicted molar refractivity (Wildman–Crippen MR) is 73.1 cm³/mol. The minimum Gasteiger partial charge on any atom is -0.236 e. The van der Waals surface area contributed by atoms with Gasteiger partial charge in [0.05, 0.1) is 0 Å². The van der Waals surface area contributed by atoms with Crippen molar-refractivity contribution in [3.05, 3.63) is 56.2 Å². The van der Waals surface area contributed by atoms with Gasteiger partial charge in [-0.2, -0.15) is 0 Å². The van der Waals surface area contributed by atoms with Crippen LogP contribution in [0, 0.1) is 7.43 Å². The monoisotopic (exact) mass is 518 g/mol. The van der Waals surface area contributed by atoms with E-state index in [2.05, 4.69) is 39.9 Å². The Bertz CT molecular complexity index is 381. The Labute approximate surface area is 122 Å². The number of halogens is 1. The summed E-state index contributed by atoms with van der Waals surface area (Å²) in [6.07, 6.45) is 3.35. The van der Waals surface area contributed by atoms with Crippen molar-refractivity contribution in [3.63, 3.8) is 0 Å². The first-order valence-electron chi connectivity index (χ1n) is 4.32. The van der Waals surface area contributed by atoms with Crippen molar-refractivity contribution < 1.29 is 15.1 Å². The number of hydrogen-bond donors (Lipinski definition) is 0. The molecule has 0 aliphatic carbocycles. The number of aromatic nitrogens is 2. The van der Waals surface area contributed by atoms with Crippen molar-refractivity contribution in [2.24, 2.45) is 10.2 Å². The predicted octanol–water partition coefficient (Wildman–Crippen LogP) is 4.23. The van der Waals surface area contributed by atoms with Crippen LogP contribution in [-0.2, 0) is 15.1 Å². The molecule has 17 heavy (non-hydrogen) atoms. The molecule has 2 rings (SSSR count). The van der Waals surface area contributed by atoms with Crippen LogP contribution in [0.4, 0.5) is 11.6 Å². The van der Waals surface area contributed by atoms with E-state index < -0.39 is 0 Å². The largest absolute Gasteiger partial charge is 0.236 e. The zero-order valence-corrected chi connectivity index (χ0v) is 13.8. The fraction of sp³-hybridized carbons (Fsp3) is 0. The maximum atomic E-state index is 4.01. The van der Waals surface area contributed by atoms with E-state index >= 15 is 0 Å². The first-order valence-corrected chi connectivity index (χ1v) is 11.5. The van der Waals surface area contributed by atoms with Crippen LogP contribution in [0.2, 0.25) is 0 Å². The molecule has 0 saturated carbocycles. The van der Waals surface area contributed by atoms with Gasteiger partial charge >= 0.3 is 34.7 Å². The molecule has 2 aromatic rings. The Balaban J connectivity index is 0.000000811. The van der Waals surface area contributed by atoms with Crippen LogP contribution in [0.5, 0.6) is 0 Å². The van der Waals surface area contributed by atoms with Gasteiger partial charge < -0.3 is 7.43 Å². The minimum absolute atomic E-state index is 0. The van der Waals surface area contributed by atoms with E-state index in [1.54, 1.807) is 24.5 Å². The Kier molecular flexibility index (Phi) is 9.97. The molecule has 0 spiro atoms. The molecule has 0 aliphatic heterocycles. The second-order valence-electron chi connectivity index (χ2n) is 2.58. The summed E-state index contributed by atoms with van der Waals surface area (Å²) in [4.78, 5) is 8.01. The second-order valence-corrected chi connectivity index (χ2v) is 2.58. The topological polar surface area (TPSA) is 50.5 Å². The smallest absolute Gasteiger partial charge is 0.174 e. The van der Waals surface area contributed by atoms with Crippen molar-refractivity contribution in [2.45, 2.75) is 0 Å². The van der Waals surface area contributed by atoms with E-state index in [9.17, 15) is 0 Å². The number of nitrogens with zero attached hydrogens (tertiary/aromatic N) is 4. The fourth-order valence-corrected chi connectivity index (χ4v) is 0.928. The molecule has 0 aliphatic rings. The van der Waals surface area contributed by atoms with Crippen LogP contribution in [0.25, 0.3) is 0 Å². The van der Waals surface area contributed by atoms with E-state index in [-0.39, 0.29) is 7.43 Å². The molecule has 0 fully saturated rings. The van der Waals surface area contributed by atoms with E-state index in [0.29, 0.717) is 11.6 Å². The molecule has 0 bridgehead atoms. The molecule has 6 heteroatoms. The summed E-state index contributed by atoms with van der Waals surface area (Å²) in [6.45, 7) is 0. The van der Waals surface area contributed by atoms with Gasteiger partial charge in [0.25, 0.3) is 0 Å². The first-order chi connectivity index (χ1) is 7.95. The zero-order chi connectivity index (χ0) is 11.6. The third-order valence-electron chi connectivity index (χ3n) is 1.55. The maximum Gasteiger partial charge on any atom is 0.174 e. The van der Waals surface area contributed by atoms with Crippen LogP contribution in [-0.4, -0.2) is 9.97 Å².